The predicted molar refractivity (Wildman–Crippen MR) is 198 cm³/mol. The van der Waals surface area contributed by atoms with Crippen molar-refractivity contribution in [1.29, 1.82) is 0 Å². The second-order valence-electron chi connectivity index (χ2n) is 12.6. The van der Waals surface area contributed by atoms with Crippen molar-refractivity contribution in [2.75, 3.05) is 0 Å². The molecule has 5 aromatic carbocycles. The molecule has 0 amide bonds. The van der Waals surface area contributed by atoms with Gasteiger partial charge in [-0.25, -0.2) is 4.98 Å². The summed E-state index contributed by atoms with van der Waals surface area (Å²) in [7, 11) is 0. The Bertz CT molecular complexity index is 2770. The fourth-order valence-corrected chi connectivity index (χ4v) is 7.49. The van der Waals surface area contributed by atoms with Gasteiger partial charge in [0.2, 0.25) is 0 Å². The predicted octanol–water partition coefficient (Wildman–Crippen LogP) is 10.7. The zero-order valence-corrected chi connectivity index (χ0v) is 26.0. The molecular formula is C44H28N4. The molecule has 48 heavy (non-hydrogen) atoms. The van der Waals surface area contributed by atoms with Crippen molar-refractivity contribution in [2.45, 2.75) is 12.3 Å². The third kappa shape index (κ3) is 4.30. The van der Waals surface area contributed by atoms with E-state index in [1.54, 1.807) is 0 Å². The smallest absolute Gasteiger partial charge is 0.0978 e. The van der Waals surface area contributed by atoms with E-state index in [9.17, 15) is 0 Å². The van der Waals surface area contributed by atoms with Gasteiger partial charge in [0.25, 0.3) is 0 Å². The van der Waals surface area contributed by atoms with Crippen molar-refractivity contribution in [3.05, 3.63) is 163 Å². The molecule has 1 aliphatic rings. The maximum atomic E-state index is 5.10. The van der Waals surface area contributed by atoms with Gasteiger partial charge in [0.1, 0.15) is 0 Å². The van der Waals surface area contributed by atoms with Crippen LogP contribution in [0.5, 0.6) is 0 Å². The molecule has 4 heterocycles. The van der Waals surface area contributed by atoms with Crippen molar-refractivity contribution >= 4 is 60.3 Å². The second-order valence-corrected chi connectivity index (χ2v) is 12.6. The molecule has 0 fully saturated rings. The molecule has 4 heteroatoms. The third-order valence-corrected chi connectivity index (χ3v) is 9.86. The molecule has 1 aliphatic carbocycles. The average Bonchev–Trinajstić information content (AvgIpc) is 3.16. The van der Waals surface area contributed by atoms with Crippen LogP contribution >= 0.6 is 0 Å². The number of para-hydroxylation sites is 1. The fourth-order valence-electron chi connectivity index (χ4n) is 7.49. The van der Waals surface area contributed by atoms with Gasteiger partial charge < -0.3 is 0 Å². The van der Waals surface area contributed by atoms with E-state index >= 15 is 0 Å². The summed E-state index contributed by atoms with van der Waals surface area (Å²) in [4.78, 5) is 19.4. The number of allylic oxidation sites excluding steroid dienone is 1. The van der Waals surface area contributed by atoms with Crippen LogP contribution < -0.4 is 0 Å². The Morgan fingerprint density at radius 3 is 2.25 bits per heavy atom. The van der Waals surface area contributed by atoms with Crippen LogP contribution in [-0.2, 0) is 6.42 Å². The van der Waals surface area contributed by atoms with Crippen molar-refractivity contribution in [2.24, 2.45) is 0 Å². The number of hydrogen-bond donors (Lipinski definition) is 0. The molecule has 1 atom stereocenters. The largest absolute Gasteiger partial charge is 0.255 e. The lowest BCUT2D eigenvalue weighted by molar-refractivity contribution is 0.801. The number of hydrogen-bond acceptors (Lipinski definition) is 4. The van der Waals surface area contributed by atoms with Crippen LogP contribution in [0.15, 0.2) is 146 Å². The van der Waals surface area contributed by atoms with Gasteiger partial charge in [0, 0.05) is 52.1 Å². The van der Waals surface area contributed by atoms with Gasteiger partial charge in [-0.1, -0.05) is 103 Å². The number of pyridine rings is 4. The van der Waals surface area contributed by atoms with Gasteiger partial charge in [-0.2, -0.15) is 0 Å². The quantitative estimate of drug-likeness (QED) is 0.147. The zero-order chi connectivity index (χ0) is 31.6. The lowest BCUT2D eigenvalue weighted by Gasteiger charge is -2.20. The topological polar surface area (TPSA) is 51.6 Å². The van der Waals surface area contributed by atoms with E-state index in [1.807, 2.05) is 36.7 Å². The average molecular weight is 613 g/mol. The van der Waals surface area contributed by atoms with Gasteiger partial charge in [0.05, 0.1) is 27.9 Å². The summed E-state index contributed by atoms with van der Waals surface area (Å²) < 4.78 is 0. The first-order chi connectivity index (χ1) is 23.8. The molecule has 1 unspecified atom stereocenters. The van der Waals surface area contributed by atoms with E-state index in [2.05, 4.69) is 120 Å². The van der Waals surface area contributed by atoms with E-state index in [0.29, 0.717) is 0 Å². The Kier molecular flexibility index (Phi) is 5.97. The Hall–Kier alpha value is -6.26. The summed E-state index contributed by atoms with van der Waals surface area (Å²) in [6, 6.07) is 45.4. The normalized spacial score (nSPS) is 14.3. The van der Waals surface area contributed by atoms with Gasteiger partial charge >= 0.3 is 0 Å². The van der Waals surface area contributed by atoms with E-state index < -0.39 is 0 Å². The fraction of sp³-hybridized carbons (Fsp3) is 0.0455. The number of fused-ring (bicyclic) bond motifs is 8. The zero-order valence-electron chi connectivity index (χ0n) is 26.0. The number of nitrogens with zero attached hydrogens (tertiary/aromatic N) is 4. The molecular weight excluding hydrogens is 585 g/mol. The van der Waals surface area contributed by atoms with Crippen LogP contribution in [0.1, 0.15) is 22.7 Å². The summed E-state index contributed by atoms with van der Waals surface area (Å²) in [6.45, 7) is 0. The van der Waals surface area contributed by atoms with E-state index in [-0.39, 0.29) is 5.92 Å². The van der Waals surface area contributed by atoms with Crippen LogP contribution in [0.4, 0.5) is 0 Å². The molecule has 224 valence electrons. The highest BCUT2D eigenvalue weighted by atomic mass is 14.8. The lowest BCUT2D eigenvalue weighted by atomic mass is 9.86. The van der Waals surface area contributed by atoms with Gasteiger partial charge in [-0.15, -0.1) is 0 Å². The van der Waals surface area contributed by atoms with Crippen molar-refractivity contribution in [1.82, 2.24) is 19.9 Å². The van der Waals surface area contributed by atoms with Crippen LogP contribution in [0, 0.1) is 0 Å². The number of aromatic nitrogens is 4. The van der Waals surface area contributed by atoms with Gasteiger partial charge in [0.15, 0.2) is 0 Å². The van der Waals surface area contributed by atoms with Crippen molar-refractivity contribution in [3.63, 3.8) is 0 Å². The maximum absolute atomic E-state index is 5.10. The summed E-state index contributed by atoms with van der Waals surface area (Å²) in [6.07, 6.45) is 9.08. The molecule has 0 spiro atoms. The van der Waals surface area contributed by atoms with E-state index in [1.165, 1.54) is 43.8 Å². The number of benzene rings is 5. The molecule has 4 aromatic heterocycles. The molecule has 0 N–H and O–H groups in total. The van der Waals surface area contributed by atoms with Crippen molar-refractivity contribution < 1.29 is 0 Å². The van der Waals surface area contributed by atoms with Gasteiger partial charge in [-0.3, -0.25) is 15.0 Å². The first-order valence-electron chi connectivity index (χ1n) is 16.4. The standard InChI is InChI=1S/C44H28N4/c1-2-8-38-36(7-1)42(37-20-14-28-6-5-23-46-43(28)44(37)48-38)33-16-19-35-32(25-33)13-12-31-24-29(15-18-34(31)35)30-11-10-27-17-21-40(47-41(27)26-30)39-9-3-4-22-45-39/h1-25,30H,26H2. The minimum Gasteiger partial charge on any atom is -0.255 e. The van der Waals surface area contributed by atoms with Crippen molar-refractivity contribution in [3.8, 4) is 22.5 Å². The Balaban J connectivity index is 1.05. The van der Waals surface area contributed by atoms with Gasteiger partial charge in [-0.05, 0) is 74.6 Å². The summed E-state index contributed by atoms with van der Waals surface area (Å²) in [5, 5.41) is 8.35. The van der Waals surface area contributed by atoms with Crippen LogP contribution in [-0.4, -0.2) is 19.9 Å². The highest BCUT2D eigenvalue weighted by Gasteiger charge is 2.19. The highest BCUT2D eigenvalue weighted by molar-refractivity contribution is 6.17. The van der Waals surface area contributed by atoms with E-state index in [4.69, 9.17) is 15.0 Å². The second kappa shape index (κ2) is 10.6. The molecule has 0 saturated heterocycles. The SMILES string of the molecule is C1=CC(c2ccc3c(ccc4cc(-c5c6ccccc6nc6c5ccc5cccnc56)ccc43)c2)Cc2nc(-c3ccccn3)ccc21. The molecule has 0 saturated carbocycles. The molecule has 4 nitrogen and oxygen atoms in total. The minimum atomic E-state index is 0.269. The third-order valence-electron chi connectivity index (χ3n) is 9.86. The van der Waals surface area contributed by atoms with Crippen LogP contribution in [0.25, 0.3) is 82.8 Å². The molecule has 0 radical (unpaired) electrons. The van der Waals surface area contributed by atoms with E-state index in [0.717, 1.165) is 56.2 Å². The number of rotatable bonds is 3. The Morgan fingerprint density at radius 1 is 0.521 bits per heavy atom. The van der Waals surface area contributed by atoms with Crippen LogP contribution in [0.3, 0.4) is 0 Å². The molecule has 9 aromatic rings. The molecule has 10 rings (SSSR count). The lowest BCUT2D eigenvalue weighted by Crippen LogP contribution is -2.08. The molecule has 0 bridgehead atoms. The maximum Gasteiger partial charge on any atom is 0.0978 e. The van der Waals surface area contributed by atoms with Crippen LogP contribution in [0.2, 0.25) is 0 Å². The first kappa shape index (κ1) is 26.9. The Labute approximate surface area is 277 Å². The Morgan fingerprint density at radius 2 is 1.33 bits per heavy atom. The highest BCUT2D eigenvalue weighted by Crippen LogP contribution is 2.40. The minimum absolute atomic E-state index is 0.269. The monoisotopic (exact) mass is 612 g/mol. The first-order valence-corrected chi connectivity index (χ1v) is 16.4. The summed E-state index contributed by atoms with van der Waals surface area (Å²) in [5.41, 5.74) is 10.7. The summed E-state index contributed by atoms with van der Waals surface area (Å²) >= 11 is 0. The molecule has 0 aliphatic heterocycles. The summed E-state index contributed by atoms with van der Waals surface area (Å²) in [5.74, 6) is 0.269.